The van der Waals surface area contributed by atoms with Crippen LogP contribution in [-0.2, 0) is 14.4 Å². The quantitative estimate of drug-likeness (QED) is 0.555. The Morgan fingerprint density at radius 2 is 1.95 bits per heavy atom. The van der Waals surface area contributed by atoms with Crippen LogP contribution in [0.2, 0.25) is 0 Å². The first-order valence-electron chi connectivity index (χ1n) is 6.59. The molecule has 1 rings (SSSR count). The van der Waals surface area contributed by atoms with Crippen LogP contribution >= 0.6 is 0 Å². The molecule has 1 fully saturated rings. The van der Waals surface area contributed by atoms with Crippen molar-refractivity contribution in [1.29, 1.82) is 0 Å². The maximum absolute atomic E-state index is 11.6. The van der Waals surface area contributed by atoms with Gasteiger partial charge in [-0.2, -0.15) is 13.2 Å². The van der Waals surface area contributed by atoms with Crippen LogP contribution in [0.4, 0.5) is 13.2 Å². The van der Waals surface area contributed by atoms with Crippen LogP contribution in [0.3, 0.4) is 0 Å². The summed E-state index contributed by atoms with van der Waals surface area (Å²) >= 11 is 0. The van der Waals surface area contributed by atoms with Crippen LogP contribution < -0.4 is 16.4 Å². The second kappa shape index (κ2) is 8.57. The first kappa shape index (κ1) is 20.2. The summed E-state index contributed by atoms with van der Waals surface area (Å²) in [6.45, 7) is 4.09. The topological polar surface area (TPSA) is 122 Å². The number of rotatable bonds is 4. The van der Waals surface area contributed by atoms with Crippen molar-refractivity contribution >= 4 is 17.8 Å². The summed E-state index contributed by atoms with van der Waals surface area (Å²) in [5.41, 5.74) is 5.73. The Hall–Kier alpha value is -1.84. The average Bonchev–Trinajstić information content (AvgIpc) is 2.74. The maximum Gasteiger partial charge on any atom is 0.490 e. The van der Waals surface area contributed by atoms with Gasteiger partial charge in [0.1, 0.15) is 6.04 Å². The molecule has 1 aliphatic heterocycles. The highest BCUT2D eigenvalue weighted by Crippen LogP contribution is 2.13. The molecule has 0 aliphatic carbocycles. The van der Waals surface area contributed by atoms with Crippen LogP contribution in [-0.4, -0.2) is 41.3 Å². The van der Waals surface area contributed by atoms with E-state index in [-0.39, 0.29) is 18.0 Å². The van der Waals surface area contributed by atoms with Gasteiger partial charge >= 0.3 is 12.1 Å². The molecule has 10 heteroatoms. The van der Waals surface area contributed by atoms with Gasteiger partial charge in [0.2, 0.25) is 11.8 Å². The number of hydrogen-bond acceptors (Lipinski definition) is 4. The van der Waals surface area contributed by atoms with E-state index in [9.17, 15) is 22.8 Å². The number of hydrogen-bond donors (Lipinski definition) is 4. The van der Waals surface area contributed by atoms with Gasteiger partial charge < -0.3 is 21.5 Å². The summed E-state index contributed by atoms with van der Waals surface area (Å²) in [4.78, 5) is 31.4. The summed E-state index contributed by atoms with van der Waals surface area (Å²) in [6, 6.07) is -0.393. The molecule has 128 valence electrons. The lowest BCUT2D eigenvalue weighted by Gasteiger charge is -2.18. The SMILES string of the molecule is CC(C)C[C@@H](N)NC(=O)[C@@H]1CCC(=O)N1.O=C(O)C(F)(F)F. The summed E-state index contributed by atoms with van der Waals surface area (Å²) in [7, 11) is 0. The highest BCUT2D eigenvalue weighted by molar-refractivity contribution is 5.90. The van der Waals surface area contributed by atoms with Crippen LogP contribution in [0.15, 0.2) is 0 Å². The molecule has 0 radical (unpaired) electrons. The number of carbonyl (C=O) groups excluding carboxylic acids is 2. The van der Waals surface area contributed by atoms with Crippen molar-refractivity contribution in [2.24, 2.45) is 11.7 Å². The van der Waals surface area contributed by atoms with E-state index in [0.29, 0.717) is 18.8 Å². The number of nitrogens with two attached hydrogens (primary N) is 1. The molecular weight excluding hydrogens is 307 g/mol. The number of carboxylic acids is 1. The Balaban J connectivity index is 0.000000534. The summed E-state index contributed by atoms with van der Waals surface area (Å²) in [5, 5.41) is 12.4. The van der Waals surface area contributed by atoms with Crippen LogP contribution in [0.25, 0.3) is 0 Å². The Kier molecular flexibility index (Phi) is 7.85. The summed E-state index contributed by atoms with van der Waals surface area (Å²) < 4.78 is 31.7. The van der Waals surface area contributed by atoms with Gasteiger partial charge in [0.15, 0.2) is 0 Å². The molecule has 0 aromatic heterocycles. The second-order valence-electron chi connectivity index (χ2n) is 5.21. The van der Waals surface area contributed by atoms with Crippen molar-refractivity contribution in [3.8, 4) is 0 Å². The molecule has 0 unspecified atom stereocenters. The predicted molar refractivity (Wildman–Crippen MR) is 70.4 cm³/mol. The third-order valence-electron chi connectivity index (χ3n) is 2.61. The predicted octanol–water partition coefficient (Wildman–Crippen LogP) is 0.345. The van der Waals surface area contributed by atoms with Gasteiger partial charge in [-0.25, -0.2) is 4.79 Å². The minimum Gasteiger partial charge on any atom is -0.475 e. The Morgan fingerprint density at radius 3 is 2.27 bits per heavy atom. The molecule has 2 atom stereocenters. The van der Waals surface area contributed by atoms with Gasteiger partial charge in [0.25, 0.3) is 0 Å². The standard InChI is InChI=1S/C10H19N3O2.C2HF3O2/c1-6(2)5-8(11)13-10(15)7-3-4-9(14)12-7;3-2(4,5)1(6)7/h6-8H,3-5,11H2,1-2H3,(H,12,14)(H,13,15);(H,6,7)/t7-,8-;/m0./s1. The maximum atomic E-state index is 11.6. The third-order valence-corrected chi connectivity index (χ3v) is 2.61. The first-order chi connectivity index (χ1) is 9.93. The van der Waals surface area contributed by atoms with Gasteiger partial charge in [-0.05, 0) is 18.8 Å². The lowest BCUT2D eigenvalue weighted by atomic mass is 10.1. The largest absolute Gasteiger partial charge is 0.490 e. The number of carbonyl (C=O) groups is 3. The smallest absolute Gasteiger partial charge is 0.475 e. The Morgan fingerprint density at radius 1 is 1.45 bits per heavy atom. The van der Waals surface area contributed by atoms with E-state index in [1.807, 2.05) is 13.8 Å². The number of carboxylic acid groups (broad SMARTS) is 1. The van der Waals surface area contributed by atoms with Gasteiger partial charge in [0.05, 0.1) is 6.17 Å². The van der Waals surface area contributed by atoms with Gasteiger partial charge in [-0.1, -0.05) is 13.8 Å². The lowest BCUT2D eigenvalue weighted by Crippen LogP contribution is -2.49. The van der Waals surface area contributed by atoms with Crippen molar-refractivity contribution < 1.29 is 32.7 Å². The molecule has 0 saturated carbocycles. The number of nitrogens with one attached hydrogen (secondary N) is 2. The molecule has 0 aromatic carbocycles. The van der Waals surface area contributed by atoms with Crippen molar-refractivity contribution in [2.75, 3.05) is 0 Å². The number of aliphatic carboxylic acids is 1. The molecule has 1 heterocycles. The highest BCUT2D eigenvalue weighted by Gasteiger charge is 2.38. The Labute approximate surface area is 125 Å². The zero-order valence-corrected chi connectivity index (χ0v) is 12.2. The van der Waals surface area contributed by atoms with Crippen molar-refractivity contribution in [1.82, 2.24) is 10.6 Å². The molecule has 1 saturated heterocycles. The van der Waals surface area contributed by atoms with E-state index in [1.165, 1.54) is 0 Å². The van der Waals surface area contributed by atoms with E-state index in [0.717, 1.165) is 6.42 Å². The van der Waals surface area contributed by atoms with Gasteiger partial charge in [-0.3, -0.25) is 9.59 Å². The molecule has 2 amide bonds. The average molecular weight is 327 g/mol. The van der Waals surface area contributed by atoms with Gasteiger partial charge in [0, 0.05) is 6.42 Å². The molecular formula is C12H20F3N3O4. The molecule has 5 N–H and O–H groups in total. The van der Waals surface area contributed by atoms with E-state index in [1.54, 1.807) is 0 Å². The monoisotopic (exact) mass is 327 g/mol. The molecule has 1 aliphatic rings. The zero-order valence-electron chi connectivity index (χ0n) is 12.2. The zero-order chi connectivity index (χ0) is 17.5. The fourth-order valence-electron chi connectivity index (χ4n) is 1.66. The van der Waals surface area contributed by atoms with E-state index in [4.69, 9.17) is 15.6 Å². The van der Waals surface area contributed by atoms with Crippen LogP contribution in [0.5, 0.6) is 0 Å². The van der Waals surface area contributed by atoms with Crippen LogP contribution in [0.1, 0.15) is 33.1 Å². The summed E-state index contributed by atoms with van der Waals surface area (Å²) in [6.07, 6.45) is -3.67. The van der Waals surface area contributed by atoms with Gasteiger partial charge in [-0.15, -0.1) is 0 Å². The normalized spacial score (nSPS) is 19.0. The molecule has 7 nitrogen and oxygen atoms in total. The first-order valence-corrected chi connectivity index (χ1v) is 6.59. The third kappa shape index (κ3) is 8.45. The minimum atomic E-state index is -5.08. The van der Waals surface area contributed by atoms with Crippen molar-refractivity contribution in [3.63, 3.8) is 0 Å². The minimum absolute atomic E-state index is 0.0624. The van der Waals surface area contributed by atoms with E-state index in [2.05, 4.69) is 10.6 Å². The van der Waals surface area contributed by atoms with Crippen molar-refractivity contribution in [3.05, 3.63) is 0 Å². The fraction of sp³-hybridized carbons (Fsp3) is 0.750. The van der Waals surface area contributed by atoms with Crippen LogP contribution in [0, 0.1) is 5.92 Å². The fourth-order valence-corrected chi connectivity index (χ4v) is 1.66. The lowest BCUT2D eigenvalue weighted by molar-refractivity contribution is -0.192. The molecule has 0 bridgehead atoms. The highest BCUT2D eigenvalue weighted by atomic mass is 19.4. The molecule has 22 heavy (non-hydrogen) atoms. The van der Waals surface area contributed by atoms with Crippen molar-refractivity contribution in [2.45, 2.75) is 51.5 Å². The Bertz CT molecular complexity index is 413. The van der Waals surface area contributed by atoms with E-state index >= 15 is 0 Å². The number of amides is 2. The summed E-state index contributed by atoms with van der Waals surface area (Å²) in [5.74, 6) is -2.55. The van der Waals surface area contributed by atoms with E-state index < -0.39 is 18.2 Å². The second-order valence-corrected chi connectivity index (χ2v) is 5.21. The molecule has 0 spiro atoms. The molecule has 0 aromatic rings. The number of halogens is 3. The number of alkyl halides is 3.